The van der Waals surface area contributed by atoms with E-state index in [0.29, 0.717) is 0 Å². The molecular weight excluding hydrogens is 204 g/mol. The van der Waals surface area contributed by atoms with Gasteiger partial charge < -0.3 is 11.5 Å². The van der Waals surface area contributed by atoms with Crippen molar-refractivity contribution in [3.8, 4) is 0 Å². The summed E-state index contributed by atoms with van der Waals surface area (Å²) in [6, 6.07) is 5.05. The highest BCUT2D eigenvalue weighted by Gasteiger charge is 2.16. The number of hydrogen-bond acceptors (Lipinski definition) is 2. The van der Waals surface area contributed by atoms with Gasteiger partial charge in [0.2, 0.25) is 11.8 Å². The molecule has 0 atom stereocenters. The van der Waals surface area contributed by atoms with Crippen LogP contribution >= 0.6 is 0 Å². The number of rotatable bonds is 5. The molecule has 4 heteroatoms. The molecule has 86 valence electrons. The molecule has 0 aromatic heterocycles. The average Bonchev–Trinajstić information content (AvgIpc) is 2.25. The zero-order valence-corrected chi connectivity index (χ0v) is 9.32. The van der Waals surface area contributed by atoms with Crippen LogP contribution in [0.4, 0.5) is 0 Å². The van der Waals surface area contributed by atoms with Gasteiger partial charge in [-0.1, -0.05) is 25.5 Å². The first kappa shape index (κ1) is 12.2. The van der Waals surface area contributed by atoms with Gasteiger partial charge in [0, 0.05) is 0 Å². The maximum absolute atomic E-state index is 11.3. The predicted molar refractivity (Wildman–Crippen MR) is 62.1 cm³/mol. The summed E-state index contributed by atoms with van der Waals surface area (Å²) in [4.78, 5) is 22.5. The van der Waals surface area contributed by atoms with Gasteiger partial charge in [-0.25, -0.2) is 0 Å². The molecule has 0 saturated heterocycles. The van der Waals surface area contributed by atoms with Gasteiger partial charge in [-0.15, -0.1) is 0 Å². The highest BCUT2D eigenvalue weighted by molar-refractivity contribution is 6.07. The zero-order chi connectivity index (χ0) is 12.1. The summed E-state index contributed by atoms with van der Waals surface area (Å²) < 4.78 is 0. The lowest BCUT2D eigenvalue weighted by atomic mass is 9.96. The number of nitrogens with two attached hydrogens (primary N) is 2. The Hall–Kier alpha value is -1.84. The minimum absolute atomic E-state index is 0.209. The van der Waals surface area contributed by atoms with E-state index >= 15 is 0 Å². The SMILES string of the molecule is CCCCc1cccc(C(N)=O)c1C(N)=O. The molecule has 0 unspecified atom stereocenters. The molecular formula is C12H16N2O2. The van der Waals surface area contributed by atoms with Crippen molar-refractivity contribution in [2.45, 2.75) is 26.2 Å². The molecule has 1 aromatic rings. The third-order valence-electron chi connectivity index (χ3n) is 2.46. The van der Waals surface area contributed by atoms with Crippen molar-refractivity contribution in [1.29, 1.82) is 0 Å². The largest absolute Gasteiger partial charge is 0.366 e. The van der Waals surface area contributed by atoms with Crippen LogP contribution in [0.25, 0.3) is 0 Å². The van der Waals surface area contributed by atoms with Crippen LogP contribution in [0.2, 0.25) is 0 Å². The van der Waals surface area contributed by atoms with Gasteiger partial charge in [0.15, 0.2) is 0 Å². The van der Waals surface area contributed by atoms with Crippen LogP contribution in [0.5, 0.6) is 0 Å². The van der Waals surface area contributed by atoms with Gasteiger partial charge in [0.1, 0.15) is 0 Å². The number of benzene rings is 1. The number of carbonyl (C=O) groups is 2. The molecule has 1 rings (SSSR count). The molecule has 4 N–H and O–H groups in total. The highest BCUT2D eigenvalue weighted by atomic mass is 16.2. The fourth-order valence-electron chi connectivity index (χ4n) is 1.67. The van der Waals surface area contributed by atoms with Gasteiger partial charge in [-0.05, 0) is 24.5 Å². The van der Waals surface area contributed by atoms with E-state index in [0.717, 1.165) is 24.8 Å². The van der Waals surface area contributed by atoms with Crippen molar-refractivity contribution in [2.24, 2.45) is 11.5 Å². The fourth-order valence-corrected chi connectivity index (χ4v) is 1.67. The molecule has 0 fully saturated rings. The maximum atomic E-state index is 11.3. The summed E-state index contributed by atoms with van der Waals surface area (Å²) in [5.74, 6) is -1.22. The van der Waals surface area contributed by atoms with Crippen LogP contribution in [0.3, 0.4) is 0 Å². The molecule has 0 bridgehead atoms. The van der Waals surface area contributed by atoms with E-state index in [1.54, 1.807) is 6.07 Å². The Bertz CT molecular complexity index is 413. The van der Waals surface area contributed by atoms with Crippen molar-refractivity contribution in [1.82, 2.24) is 0 Å². The van der Waals surface area contributed by atoms with E-state index in [9.17, 15) is 9.59 Å². The maximum Gasteiger partial charge on any atom is 0.249 e. The van der Waals surface area contributed by atoms with Crippen molar-refractivity contribution in [3.63, 3.8) is 0 Å². The van der Waals surface area contributed by atoms with E-state index in [1.807, 2.05) is 6.07 Å². The molecule has 0 aliphatic carbocycles. The third-order valence-corrected chi connectivity index (χ3v) is 2.46. The number of primary amides is 2. The standard InChI is InChI=1S/C12H16N2O2/c1-2-3-5-8-6-4-7-9(11(13)15)10(8)12(14)16/h4,6-7H,2-3,5H2,1H3,(H2,13,15)(H2,14,16). The lowest BCUT2D eigenvalue weighted by molar-refractivity contribution is 0.0966. The van der Waals surface area contributed by atoms with E-state index in [4.69, 9.17) is 11.5 Å². The smallest absolute Gasteiger partial charge is 0.249 e. The van der Waals surface area contributed by atoms with Crippen LogP contribution < -0.4 is 11.5 Å². The van der Waals surface area contributed by atoms with Crippen molar-refractivity contribution < 1.29 is 9.59 Å². The monoisotopic (exact) mass is 220 g/mol. The van der Waals surface area contributed by atoms with Gasteiger partial charge in [0.25, 0.3) is 0 Å². The minimum Gasteiger partial charge on any atom is -0.366 e. The molecule has 1 aromatic carbocycles. The highest BCUT2D eigenvalue weighted by Crippen LogP contribution is 2.16. The van der Waals surface area contributed by atoms with E-state index < -0.39 is 11.8 Å². The summed E-state index contributed by atoms with van der Waals surface area (Å²) in [7, 11) is 0. The first-order valence-corrected chi connectivity index (χ1v) is 5.29. The summed E-state index contributed by atoms with van der Waals surface area (Å²) in [5, 5.41) is 0. The molecule has 0 radical (unpaired) electrons. The van der Waals surface area contributed by atoms with E-state index in [1.165, 1.54) is 6.07 Å². The molecule has 0 spiro atoms. The molecule has 4 nitrogen and oxygen atoms in total. The Labute approximate surface area is 94.6 Å². The van der Waals surface area contributed by atoms with Crippen LogP contribution in [0.15, 0.2) is 18.2 Å². The Morgan fingerprint density at radius 2 is 1.88 bits per heavy atom. The van der Waals surface area contributed by atoms with Gasteiger partial charge in [-0.3, -0.25) is 9.59 Å². The predicted octanol–water partition coefficient (Wildman–Crippen LogP) is 1.23. The fraction of sp³-hybridized carbons (Fsp3) is 0.333. The molecule has 0 saturated carbocycles. The number of aryl methyl sites for hydroxylation is 1. The second-order valence-electron chi connectivity index (χ2n) is 3.67. The van der Waals surface area contributed by atoms with E-state index in [2.05, 4.69) is 6.92 Å². The lowest BCUT2D eigenvalue weighted by Crippen LogP contribution is -2.22. The molecule has 0 aliphatic rings. The first-order chi connectivity index (χ1) is 7.57. The Kier molecular flexibility index (Phi) is 4.05. The molecule has 0 aliphatic heterocycles. The summed E-state index contributed by atoms with van der Waals surface area (Å²) in [5.41, 5.74) is 11.8. The average molecular weight is 220 g/mol. The first-order valence-electron chi connectivity index (χ1n) is 5.29. The summed E-state index contributed by atoms with van der Waals surface area (Å²) >= 11 is 0. The van der Waals surface area contributed by atoms with Crippen LogP contribution in [0, 0.1) is 0 Å². The quantitative estimate of drug-likeness (QED) is 0.781. The van der Waals surface area contributed by atoms with Crippen LogP contribution in [-0.2, 0) is 6.42 Å². The van der Waals surface area contributed by atoms with Crippen LogP contribution in [0.1, 0.15) is 46.0 Å². The summed E-state index contributed by atoms with van der Waals surface area (Å²) in [6.45, 7) is 2.06. The van der Waals surface area contributed by atoms with Crippen molar-refractivity contribution >= 4 is 11.8 Å². The number of unbranched alkanes of at least 4 members (excludes halogenated alkanes) is 1. The molecule has 16 heavy (non-hydrogen) atoms. The van der Waals surface area contributed by atoms with Gasteiger partial charge >= 0.3 is 0 Å². The Morgan fingerprint density at radius 3 is 2.38 bits per heavy atom. The third kappa shape index (κ3) is 2.59. The topological polar surface area (TPSA) is 86.2 Å². The number of carbonyl (C=O) groups excluding carboxylic acids is 2. The molecule has 2 amide bonds. The summed E-state index contributed by atoms with van der Waals surface area (Å²) in [6.07, 6.45) is 2.69. The zero-order valence-electron chi connectivity index (χ0n) is 9.32. The van der Waals surface area contributed by atoms with Gasteiger partial charge in [-0.2, -0.15) is 0 Å². The Morgan fingerprint density at radius 1 is 1.19 bits per heavy atom. The van der Waals surface area contributed by atoms with Crippen LogP contribution in [-0.4, -0.2) is 11.8 Å². The lowest BCUT2D eigenvalue weighted by Gasteiger charge is -2.09. The number of hydrogen-bond donors (Lipinski definition) is 2. The van der Waals surface area contributed by atoms with Crippen molar-refractivity contribution in [2.75, 3.05) is 0 Å². The minimum atomic E-state index is -0.618. The normalized spacial score (nSPS) is 10.1. The van der Waals surface area contributed by atoms with Crippen molar-refractivity contribution in [3.05, 3.63) is 34.9 Å². The van der Waals surface area contributed by atoms with E-state index in [-0.39, 0.29) is 11.1 Å². The molecule has 0 heterocycles. The number of amides is 2. The second kappa shape index (κ2) is 5.30. The second-order valence-corrected chi connectivity index (χ2v) is 3.67. The van der Waals surface area contributed by atoms with Gasteiger partial charge in [0.05, 0.1) is 11.1 Å². The Balaban J connectivity index is 3.21.